The molecule has 2 rings (SSSR count). The number of rotatable bonds is 0. The molecule has 0 atom stereocenters. The highest BCUT2D eigenvalue weighted by Gasteiger charge is 2.03. The van der Waals surface area contributed by atoms with Gasteiger partial charge in [-0.3, -0.25) is 4.79 Å². The van der Waals surface area contributed by atoms with E-state index >= 15 is 0 Å². The largest absolute Gasteiger partial charge is 0.493 e. The van der Waals surface area contributed by atoms with Gasteiger partial charge in [0.15, 0.2) is 0 Å². The summed E-state index contributed by atoms with van der Waals surface area (Å²) >= 11 is 11.4. The number of nitrogens with zero attached hydrogens (tertiary/aromatic N) is 3. The number of aromatic amines is 1. The van der Waals surface area contributed by atoms with Crippen LogP contribution in [-0.2, 0) is 0 Å². The van der Waals surface area contributed by atoms with Crippen LogP contribution in [0, 0.1) is 27.7 Å². The average molecular weight is 317 g/mol. The van der Waals surface area contributed by atoms with E-state index in [9.17, 15) is 4.79 Å². The lowest BCUT2D eigenvalue weighted by Gasteiger charge is -1.98. The summed E-state index contributed by atoms with van der Waals surface area (Å²) in [6, 6.07) is 0. The van der Waals surface area contributed by atoms with Crippen LogP contribution in [0.3, 0.4) is 0 Å². The van der Waals surface area contributed by atoms with Crippen LogP contribution in [-0.4, -0.2) is 25.0 Å². The molecule has 0 fully saturated rings. The minimum Gasteiger partial charge on any atom is -0.493 e. The lowest BCUT2D eigenvalue weighted by atomic mass is 10.3. The third-order valence-corrected chi connectivity index (χ3v) is 3.12. The normalized spacial score (nSPS) is 9.90. The van der Waals surface area contributed by atoms with Crippen molar-refractivity contribution in [3.63, 3.8) is 0 Å². The molecule has 8 heteroatoms. The molecule has 6 nitrogen and oxygen atoms in total. The van der Waals surface area contributed by atoms with Crippen molar-refractivity contribution < 1.29 is 5.11 Å². The van der Waals surface area contributed by atoms with E-state index in [1.54, 1.807) is 20.8 Å². The number of nitrogens with one attached hydrogen (secondary N) is 1. The summed E-state index contributed by atoms with van der Waals surface area (Å²) in [6.07, 6.45) is 0. The van der Waals surface area contributed by atoms with Crippen molar-refractivity contribution >= 4 is 23.2 Å². The van der Waals surface area contributed by atoms with E-state index in [1.165, 1.54) is 6.92 Å². The maximum Gasteiger partial charge on any atom is 0.257 e. The highest BCUT2D eigenvalue weighted by atomic mass is 35.5. The van der Waals surface area contributed by atoms with Crippen LogP contribution in [0.5, 0.6) is 5.88 Å². The van der Waals surface area contributed by atoms with E-state index in [4.69, 9.17) is 28.3 Å². The van der Waals surface area contributed by atoms with Gasteiger partial charge < -0.3 is 10.1 Å². The molecule has 108 valence electrons. The van der Waals surface area contributed by atoms with Crippen LogP contribution >= 0.6 is 23.2 Å². The molecule has 0 amide bonds. The molecule has 0 aromatic carbocycles. The maximum atomic E-state index is 10.8. The zero-order valence-corrected chi connectivity index (χ0v) is 13.0. The van der Waals surface area contributed by atoms with Crippen molar-refractivity contribution in [2.75, 3.05) is 0 Å². The first-order valence-corrected chi connectivity index (χ1v) is 6.40. The fourth-order valence-corrected chi connectivity index (χ4v) is 1.66. The van der Waals surface area contributed by atoms with Crippen LogP contribution < -0.4 is 5.56 Å². The molecule has 0 aliphatic carbocycles. The maximum absolute atomic E-state index is 10.8. The molecule has 0 saturated heterocycles. The third kappa shape index (κ3) is 4.18. The third-order valence-electron chi connectivity index (χ3n) is 2.38. The Bertz CT molecular complexity index is 663. The number of aryl methyl sites for hydroxylation is 2. The molecule has 2 aromatic rings. The number of aromatic nitrogens is 4. The Hall–Kier alpha value is -1.66. The molecule has 0 aliphatic heterocycles. The SMILES string of the molecule is Cc1nc(Cl)c(C)c(Cl)n1.Cc1nc(O)c(C)c(=O)[nH]1. The van der Waals surface area contributed by atoms with E-state index in [1.807, 2.05) is 0 Å². The zero-order chi connectivity index (χ0) is 15.4. The Labute approximate surface area is 125 Å². The average Bonchev–Trinajstić information content (AvgIpc) is 2.33. The number of hydrogen-bond acceptors (Lipinski definition) is 5. The molecule has 0 saturated carbocycles. The predicted octanol–water partition coefficient (Wildman–Crippen LogP) is 2.49. The fraction of sp³-hybridized carbons (Fsp3) is 0.333. The Morgan fingerprint density at radius 1 is 0.950 bits per heavy atom. The van der Waals surface area contributed by atoms with Gasteiger partial charge in [-0.05, 0) is 27.7 Å². The van der Waals surface area contributed by atoms with Crippen molar-refractivity contribution in [2.45, 2.75) is 27.7 Å². The van der Waals surface area contributed by atoms with Crippen LogP contribution in [0.15, 0.2) is 4.79 Å². The molecule has 0 unspecified atom stereocenters. The van der Waals surface area contributed by atoms with Crippen molar-refractivity contribution in [1.29, 1.82) is 0 Å². The summed E-state index contributed by atoms with van der Waals surface area (Å²) in [6.45, 7) is 6.66. The van der Waals surface area contributed by atoms with Crippen LogP contribution in [0.25, 0.3) is 0 Å². The van der Waals surface area contributed by atoms with Gasteiger partial charge in [0.1, 0.15) is 22.0 Å². The van der Waals surface area contributed by atoms with Gasteiger partial charge in [0, 0.05) is 5.56 Å². The van der Waals surface area contributed by atoms with E-state index in [0.717, 1.165) is 5.56 Å². The summed E-state index contributed by atoms with van der Waals surface area (Å²) in [5.74, 6) is 0.829. The molecule has 0 spiro atoms. The molecule has 0 aliphatic rings. The van der Waals surface area contributed by atoms with Gasteiger partial charge >= 0.3 is 0 Å². The lowest BCUT2D eigenvalue weighted by Crippen LogP contribution is -2.11. The molecule has 20 heavy (non-hydrogen) atoms. The molecule has 2 N–H and O–H groups in total. The van der Waals surface area contributed by atoms with Gasteiger partial charge in [0.05, 0.1) is 5.56 Å². The first kappa shape index (κ1) is 16.4. The summed E-state index contributed by atoms with van der Waals surface area (Å²) in [7, 11) is 0. The first-order valence-electron chi connectivity index (χ1n) is 5.65. The number of H-pyrrole nitrogens is 1. The second kappa shape index (κ2) is 6.67. The van der Waals surface area contributed by atoms with Gasteiger partial charge in [0.25, 0.3) is 5.56 Å². The monoisotopic (exact) mass is 316 g/mol. The smallest absolute Gasteiger partial charge is 0.257 e. The summed E-state index contributed by atoms with van der Waals surface area (Å²) < 4.78 is 0. The van der Waals surface area contributed by atoms with Gasteiger partial charge in [-0.2, -0.15) is 0 Å². The van der Waals surface area contributed by atoms with Crippen molar-refractivity contribution in [3.8, 4) is 5.88 Å². The summed E-state index contributed by atoms with van der Waals surface area (Å²) in [4.78, 5) is 24.7. The predicted molar refractivity (Wildman–Crippen MR) is 77.5 cm³/mol. The minimum absolute atomic E-state index is 0.193. The highest BCUT2D eigenvalue weighted by Crippen LogP contribution is 2.18. The van der Waals surface area contributed by atoms with Crippen molar-refractivity contribution in [2.24, 2.45) is 0 Å². The van der Waals surface area contributed by atoms with Crippen molar-refractivity contribution in [3.05, 3.63) is 43.4 Å². The minimum atomic E-state index is -0.287. The Morgan fingerprint density at radius 3 is 1.90 bits per heavy atom. The Morgan fingerprint density at radius 2 is 1.45 bits per heavy atom. The van der Waals surface area contributed by atoms with Crippen LogP contribution in [0.1, 0.15) is 22.8 Å². The van der Waals surface area contributed by atoms with Gasteiger partial charge in [-0.25, -0.2) is 15.0 Å². The highest BCUT2D eigenvalue weighted by molar-refractivity contribution is 6.34. The van der Waals surface area contributed by atoms with Gasteiger partial charge in [-0.15, -0.1) is 0 Å². The molecule has 0 radical (unpaired) electrons. The van der Waals surface area contributed by atoms with E-state index in [0.29, 0.717) is 22.0 Å². The Balaban J connectivity index is 0.000000200. The molecule has 2 aromatic heterocycles. The fourth-order valence-electron chi connectivity index (χ4n) is 1.19. The quantitative estimate of drug-likeness (QED) is 0.728. The Kier molecular flexibility index (Phi) is 5.47. The lowest BCUT2D eigenvalue weighted by molar-refractivity contribution is 0.444. The zero-order valence-electron chi connectivity index (χ0n) is 11.5. The second-order valence-corrected chi connectivity index (χ2v) is 4.79. The number of halogens is 2. The molecule has 2 heterocycles. The summed E-state index contributed by atoms with van der Waals surface area (Å²) in [5, 5.41) is 9.81. The molecular weight excluding hydrogens is 303 g/mol. The molecule has 0 bridgehead atoms. The summed E-state index contributed by atoms with van der Waals surface area (Å²) in [5.41, 5.74) is 0.699. The van der Waals surface area contributed by atoms with Gasteiger partial charge in [0.2, 0.25) is 5.88 Å². The second-order valence-electron chi connectivity index (χ2n) is 4.08. The number of hydrogen-bond donors (Lipinski definition) is 2. The van der Waals surface area contributed by atoms with Crippen molar-refractivity contribution in [1.82, 2.24) is 19.9 Å². The standard InChI is InChI=1S/C6H6Cl2N2.C6H8N2O2/c1-3-5(7)9-4(2)10-6(3)8;1-3-5(9)7-4(2)8-6(3)10/h1-2H3;1-2H3,(H2,7,8,9,10). The van der Waals surface area contributed by atoms with E-state index < -0.39 is 0 Å². The van der Waals surface area contributed by atoms with Gasteiger partial charge in [-0.1, -0.05) is 23.2 Å². The topological polar surface area (TPSA) is 91.8 Å². The first-order chi connectivity index (χ1) is 9.22. The van der Waals surface area contributed by atoms with E-state index in [2.05, 4.69) is 19.9 Å². The molecular formula is C12H14Cl2N4O2. The van der Waals surface area contributed by atoms with Crippen LogP contribution in [0.2, 0.25) is 10.3 Å². The van der Waals surface area contributed by atoms with E-state index in [-0.39, 0.29) is 17.0 Å². The number of aromatic hydroxyl groups is 1. The van der Waals surface area contributed by atoms with Crippen LogP contribution in [0.4, 0.5) is 0 Å².